The monoisotopic (exact) mass is 215 g/mol. The molecule has 1 rings (SSSR count). The summed E-state index contributed by atoms with van der Waals surface area (Å²) in [6.45, 7) is 2.00. The van der Waals surface area contributed by atoms with Crippen molar-refractivity contribution < 1.29 is 4.21 Å². The quantitative estimate of drug-likeness (QED) is 0.773. The Morgan fingerprint density at radius 2 is 2.43 bits per heavy atom. The van der Waals surface area contributed by atoms with Crippen LogP contribution in [-0.4, -0.2) is 25.8 Å². The van der Waals surface area contributed by atoms with Crippen LogP contribution in [0.1, 0.15) is 19.0 Å². The minimum Gasteiger partial charge on any atom is -0.327 e. The van der Waals surface area contributed by atoms with E-state index in [1.54, 1.807) is 4.68 Å². The van der Waals surface area contributed by atoms with E-state index in [0.29, 0.717) is 11.5 Å². The van der Waals surface area contributed by atoms with Gasteiger partial charge in [-0.25, -0.2) is 0 Å². The molecule has 14 heavy (non-hydrogen) atoms. The molecule has 0 saturated carbocycles. The number of aromatic nitrogens is 2. The topological polar surface area (TPSA) is 60.9 Å². The van der Waals surface area contributed by atoms with Crippen molar-refractivity contribution in [1.82, 2.24) is 9.78 Å². The van der Waals surface area contributed by atoms with Gasteiger partial charge in [-0.2, -0.15) is 5.10 Å². The normalized spacial score (nSPS) is 15.4. The molecule has 0 bridgehead atoms. The molecule has 4 nitrogen and oxygen atoms in total. The minimum absolute atomic E-state index is 0.0412. The average Bonchev–Trinajstić information content (AvgIpc) is 2.50. The number of nitrogens with two attached hydrogens (primary N) is 1. The highest BCUT2D eigenvalue weighted by Gasteiger charge is 2.08. The molecule has 1 aromatic heterocycles. The summed E-state index contributed by atoms with van der Waals surface area (Å²) in [7, 11) is 0.963. The van der Waals surface area contributed by atoms with E-state index in [2.05, 4.69) is 5.10 Å². The molecule has 0 fully saturated rings. The third kappa shape index (κ3) is 3.59. The van der Waals surface area contributed by atoms with Gasteiger partial charge in [0.15, 0.2) is 0 Å². The van der Waals surface area contributed by atoms with Crippen molar-refractivity contribution in [3.05, 3.63) is 18.0 Å². The summed E-state index contributed by atoms with van der Waals surface area (Å²) in [6.07, 6.45) is 2.72. The van der Waals surface area contributed by atoms with Gasteiger partial charge in [0, 0.05) is 35.8 Å². The Labute approximate surface area is 86.9 Å². The van der Waals surface area contributed by atoms with Gasteiger partial charge in [-0.05, 0) is 12.5 Å². The fourth-order valence-electron chi connectivity index (χ4n) is 1.12. The lowest BCUT2D eigenvalue weighted by atomic mass is 10.3. The first-order valence-corrected chi connectivity index (χ1v) is 6.19. The molecule has 1 aromatic rings. The smallest absolute Gasteiger partial charge is 0.0749 e. The molecule has 0 radical (unpaired) electrons. The van der Waals surface area contributed by atoms with Gasteiger partial charge in [0.2, 0.25) is 0 Å². The Morgan fingerprint density at radius 3 is 2.93 bits per heavy atom. The van der Waals surface area contributed by atoms with Crippen LogP contribution in [0.3, 0.4) is 0 Å². The average molecular weight is 215 g/mol. The zero-order valence-electron chi connectivity index (χ0n) is 8.64. The Kier molecular flexibility index (Phi) is 4.28. The van der Waals surface area contributed by atoms with Crippen LogP contribution in [0.5, 0.6) is 0 Å². The lowest BCUT2D eigenvalue weighted by Gasteiger charge is -2.06. The van der Waals surface area contributed by atoms with Gasteiger partial charge < -0.3 is 5.73 Å². The zero-order valence-corrected chi connectivity index (χ0v) is 9.46. The van der Waals surface area contributed by atoms with Gasteiger partial charge in [-0.3, -0.25) is 8.89 Å². The second kappa shape index (κ2) is 5.26. The maximum absolute atomic E-state index is 11.6. The molecule has 2 unspecified atom stereocenters. The van der Waals surface area contributed by atoms with Crippen molar-refractivity contribution in [2.75, 3.05) is 5.75 Å². The van der Waals surface area contributed by atoms with Crippen LogP contribution in [0, 0.1) is 0 Å². The molecule has 0 aliphatic heterocycles. The fourth-order valence-corrected chi connectivity index (χ4v) is 2.44. The first-order valence-electron chi connectivity index (χ1n) is 4.71. The Bertz CT molecular complexity index is 311. The van der Waals surface area contributed by atoms with E-state index in [4.69, 9.17) is 5.73 Å². The van der Waals surface area contributed by atoms with Crippen molar-refractivity contribution in [1.29, 1.82) is 0 Å². The highest BCUT2D eigenvalue weighted by molar-refractivity contribution is 7.84. The van der Waals surface area contributed by atoms with Crippen LogP contribution >= 0.6 is 0 Å². The van der Waals surface area contributed by atoms with E-state index in [9.17, 15) is 4.21 Å². The van der Waals surface area contributed by atoms with Crippen molar-refractivity contribution in [2.45, 2.75) is 25.1 Å². The summed E-state index contributed by atoms with van der Waals surface area (Å²) in [5, 5.41) is 4.17. The predicted molar refractivity (Wildman–Crippen MR) is 58.2 cm³/mol. The van der Waals surface area contributed by atoms with Gasteiger partial charge in [0.1, 0.15) is 0 Å². The first kappa shape index (κ1) is 11.4. The molecule has 5 heteroatoms. The van der Waals surface area contributed by atoms with E-state index < -0.39 is 10.8 Å². The fraction of sp³-hybridized carbons (Fsp3) is 0.667. The van der Waals surface area contributed by atoms with Gasteiger partial charge in [0.05, 0.1) is 11.4 Å². The van der Waals surface area contributed by atoms with Crippen LogP contribution in [0.4, 0.5) is 0 Å². The third-order valence-electron chi connectivity index (χ3n) is 2.00. The maximum atomic E-state index is 11.6. The zero-order chi connectivity index (χ0) is 10.6. The van der Waals surface area contributed by atoms with E-state index in [1.165, 1.54) is 0 Å². The van der Waals surface area contributed by atoms with E-state index in [-0.39, 0.29) is 6.04 Å². The molecular weight excluding hydrogens is 198 g/mol. The second-order valence-electron chi connectivity index (χ2n) is 3.40. The van der Waals surface area contributed by atoms with Crippen LogP contribution < -0.4 is 5.73 Å². The van der Waals surface area contributed by atoms with Crippen LogP contribution in [0.2, 0.25) is 0 Å². The number of aryl methyl sites for hydroxylation is 1. The number of nitrogens with zero attached hydrogens (tertiary/aromatic N) is 2. The van der Waals surface area contributed by atoms with Gasteiger partial charge in [0.25, 0.3) is 0 Å². The summed E-state index contributed by atoms with van der Waals surface area (Å²) >= 11 is 0. The first-order chi connectivity index (χ1) is 6.61. The summed E-state index contributed by atoms with van der Waals surface area (Å²) in [4.78, 5) is 0. The minimum atomic E-state index is -0.888. The Morgan fingerprint density at radius 1 is 1.71 bits per heavy atom. The van der Waals surface area contributed by atoms with Crippen molar-refractivity contribution >= 4 is 10.8 Å². The number of hydrogen-bond acceptors (Lipinski definition) is 3. The summed E-state index contributed by atoms with van der Waals surface area (Å²) in [6, 6.07) is 1.93. The van der Waals surface area contributed by atoms with Crippen LogP contribution in [0.15, 0.2) is 12.3 Å². The highest BCUT2D eigenvalue weighted by atomic mass is 32.2. The predicted octanol–water partition coefficient (Wildman–Crippen LogP) is 0.406. The molecule has 2 atom stereocenters. The molecule has 0 aliphatic rings. The van der Waals surface area contributed by atoms with Gasteiger partial charge in [-0.1, -0.05) is 6.92 Å². The Hall–Kier alpha value is -0.680. The van der Waals surface area contributed by atoms with Crippen LogP contribution in [-0.2, 0) is 23.6 Å². The molecule has 0 amide bonds. The standard InChI is InChI=1S/C9H17N3OS/c1-3-8(10)6-14(13)7-9-4-5-12(2)11-9/h4-5,8H,3,6-7,10H2,1-2H3. The molecule has 1 heterocycles. The largest absolute Gasteiger partial charge is 0.327 e. The molecule has 0 aromatic carbocycles. The van der Waals surface area contributed by atoms with Crippen LogP contribution in [0.25, 0.3) is 0 Å². The van der Waals surface area contributed by atoms with E-state index in [1.807, 2.05) is 26.2 Å². The highest BCUT2D eigenvalue weighted by Crippen LogP contribution is 2.01. The molecule has 0 saturated heterocycles. The summed E-state index contributed by atoms with van der Waals surface area (Å²) in [5.41, 5.74) is 6.58. The van der Waals surface area contributed by atoms with Gasteiger partial charge in [-0.15, -0.1) is 0 Å². The summed E-state index contributed by atoms with van der Waals surface area (Å²) in [5.74, 6) is 1.07. The molecule has 80 valence electrons. The Balaban J connectivity index is 2.41. The SMILES string of the molecule is CCC(N)CS(=O)Cc1ccn(C)n1. The summed E-state index contributed by atoms with van der Waals surface area (Å²) < 4.78 is 13.3. The third-order valence-corrected chi connectivity index (χ3v) is 3.42. The van der Waals surface area contributed by atoms with Crippen molar-refractivity contribution in [2.24, 2.45) is 12.8 Å². The van der Waals surface area contributed by atoms with Gasteiger partial charge >= 0.3 is 0 Å². The molecular formula is C9H17N3OS. The lowest BCUT2D eigenvalue weighted by molar-refractivity contribution is 0.661. The van der Waals surface area contributed by atoms with E-state index >= 15 is 0 Å². The van der Waals surface area contributed by atoms with E-state index in [0.717, 1.165) is 12.1 Å². The molecule has 0 aliphatic carbocycles. The second-order valence-corrected chi connectivity index (χ2v) is 4.90. The number of hydrogen-bond donors (Lipinski definition) is 1. The lowest BCUT2D eigenvalue weighted by Crippen LogP contribution is -2.26. The maximum Gasteiger partial charge on any atom is 0.0749 e. The van der Waals surface area contributed by atoms with Crippen molar-refractivity contribution in [3.8, 4) is 0 Å². The molecule has 2 N–H and O–H groups in total. The number of rotatable bonds is 5. The molecule has 0 spiro atoms. The van der Waals surface area contributed by atoms with Crippen molar-refractivity contribution in [3.63, 3.8) is 0 Å².